The molecule has 2 rings (SSSR count). The lowest BCUT2D eigenvalue weighted by molar-refractivity contribution is -0.125. The molecule has 0 aliphatic carbocycles. The molecule has 2 heterocycles. The van der Waals surface area contributed by atoms with E-state index in [0.29, 0.717) is 6.04 Å². The molecule has 1 amide bonds. The Morgan fingerprint density at radius 1 is 1.26 bits per heavy atom. The Labute approximate surface area is 117 Å². The topological polar surface area (TPSA) is 58.4 Å². The molecule has 0 radical (unpaired) electrons. The molecule has 2 unspecified atom stereocenters. The van der Waals surface area contributed by atoms with Crippen LogP contribution in [0.1, 0.15) is 51.9 Å². The highest BCUT2D eigenvalue weighted by atomic mass is 16.1. The molecule has 0 aromatic carbocycles. The smallest absolute Gasteiger partial charge is 0.234 e. The number of nitrogens with two attached hydrogens (primary N) is 1. The Kier molecular flexibility index (Phi) is 5.64. The Hall–Kier alpha value is -0.610. The average molecular weight is 267 g/mol. The average Bonchev–Trinajstić information content (AvgIpc) is 2.66. The minimum absolute atomic E-state index is 0.0574. The van der Waals surface area contributed by atoms with Crippen LogP contribution in [0, 0.1) is 5.92 Å². The van der Waals surface area contributed by atoms with Crippen LogP contribution in [0.15, 0.2) is 0 Å². The lowest BCUT2D eigenvalue weighted by Gasteiger charge is -2.41. The summed E-state index contributed by atoms with van der Waals surface area (Å²) in [4.78, 5) is 14.2. The van der Waals surface area contributed by atoms with Crippen LogP contribution in [0.25, 0.3) is 0 Å². The van der Waals surface area contributed by atoms with Gasteiger partial charge in [-0.2, -0.15) is 0 Å². The second-order valence-electron chi connectivity index (χ2n) is 6.07. The molecule has 2 fully saturated rings. The highest BCUT2D eigenvalue weighted by Gasteiger charge is 2.34. The van der Waals surface area contributed by atoms with Crippen molar-refractivity contribution in [3.8, 4) is 0 Å². The summed E-state index contributed by atoms with van der Waals surface area (Å²) in [6.07, 6.45) is 8.40. The van der Waals surface area contributed by atoms with Crippen LogP contribution in [0.2, 0.25) is 0 Å². The van der Waals surface area contributed by atoms with E-state index in [9.17, 15) is 4.79 Å². The van der Waals surface area contributed by atoms with Crippen LogP contribution in [0.4, 0.5) is 0 Å². The maximum Gasteiger partial charge on any atom is 0.234 e. The fourth-order valence-corrected chi connectivity index (χ4v) is 3.88. The highest BCUT2D eigenvalue weighted by Crippen LogP contribution is 2.30. The van der Waals surface area contributed by atoms with Gasteiger partial charge < -0.3 is 11.1 Å². The van der Waals surface area contributed by atoms with E-state index < -0.39 is 0 Å². The van der Waals surface area contributed by atoms with Gasteiger partial charge in [-0.25, -0.2) is 0 Å². The number of carbonyl (C=O) groups excluding carboxylic acids is 1. The van der Waals surface area contributed by atoms with E-state index in [-0.39, 0.29) is 11.9 Å². The van der Waals surface area contributed by atoms with Crippen molar-refractivity contribution in [2.45, 2.75) is 64.0 Å². The van der Waals surface area contributed by atoms with Crippen molar-refractivity contribution in [3.05, 3.63) is 0 Å². The monoisotopic (exact) mass is 267 g/mol. The molecular weight excluding hydrogens is 238 g/mol. The summed E-state index contributed by atoms with van der Waals surface area (Å²) in [7, 11) is 0. The lowest BCUT2D eigenvalue weighted by Crippen LogP contribution is -2.53. The van der Waals surface area contributed by atoms with Crippen LogP contribution in [-0.4, -0.2) is 42.5 Å². The second-order valence-corrected chi connectivity index (χ2v) is 6.07. The number of rotatable bonds is 4. The fourth-order valence-electron chi connectivity index (χ4n) is 3.88. The van der Waals surface area contributed by atoms with E-state index in [1.807, 2.05) is 0 Å². The first-order valence-corrected chi connectivity index (χ1v) is 7.99. The molecule has 0 bridgehead atoms. The van der Waals surface area contributed by atoms with Crippen molar-refractivity contribution in [1.29, 1.82) is 0 Å². The van der Waals surface area contributed by atoms with Gasteiger partial charge in [0.25, 0.3) is 0 Å². The number of hydrogen-bond donors (Lipinski definition) is 2. The fraction of sp³-hybridized carbons (Fsp3) is 0.933. The molecule has 2 saturated heterocycles. The molecule has 110 valence electrons. The number of amides is 1. The molecule has 0 aromatic heterocycles. The van der Waals surface area contributed by atoms with E-state index >= 15 is 0 Å². The number of likely N-dealkylation sites (tertiary alicyclic amines) is 1. The highest BCUT2D eigenvalue weighted by molar-refractivity contribution is 5.79. The summed E-state index contributed by atoms with van der Waals surface area (Å²) in [6.45, 7) is 5.39. The SMILES string of the molecule is CCC(C(N)=O)N1CCCCCC1C1CCNCC1. The van der Waals surface area contributed by atoms with Crippen LogP contribution in [-0.2, 0) is 4.79 Å². The normalized spacial score (nSPS) is 28.8. The van der Waals surface area contributed by atoms with Crippen LogP contribution >= 0.6 is 0 Å². The third-order valence-corrected chi connectivity index (χ3v) is 4.89. The van der Waals surface area contributed by atoms with E-state index in [2.05, 4.69) is 17.1 Å². The Morgan fingerprint density at radius 2 is 2.00 bits per heavy atom. The van der Waals surface area contributed by atoms with Gasteiger partial charge in [0.1, 0.15) is 0 Å². The molecule has 2 atom stereocenters. The van der Waals surface area contributed by atoms with Crippen molar-refractivity contribution < 1.29 is 4.79 Å². The summed E-state index contributed by atoms with van der Waals surface area (Å²) in [5.41, 5.74) is 5.63. The van der Waals surface area contributed by atoms with Gasteiger partial charge in [-0.3, -0.25) is 9.69 Å². The molecule has 4 heteroatoms. The molecule has 0 aromatic rings. The molecule has 2 aliphatic rings. The first kappa shape index (κ1) is 14.8. The van der Waals surface area contributed by atoms with Crippen LogP contribution < -0.4 is 11.1 Å². The largest absolute Gasteiger partial charge is 0.368 e. The maximum absolute atomic E-state index is 11.7. The predicted octanol–water partition coefficient (Wildman–Crippen LogP) is 1.49. The standard InChI is InChI=1S/C15H29N3O/c1-2-13(15(16)19)18-11-5-3-4-6-14(18)12-7-9-17-10-8-12/h12-14,17H,2-11H2,1H3,(H2,16,19). The van der Waals surface area contributed by atoms with Gasteiger partial charge >= 0.3 is 0 Å². The van der Waals surface area contributed by atoms with Crippen LogP contribution in [0.3, 0.4) is 0 Å². The molecule has 0 spiro atoms. The number of piperidine rings is 1. The molecular formula is C15H29N3O. The first-order valence-electron chi connectivity index (χ1n) is 7.99. The zero-order chi connectivity index (χ0) is 13.7. The predicted molar refractivity (Wildman–Crippen MR) is 77.8 cm³/mol. The summed E-state index contributed by atoms with van der Waals surface area (Å²) < 4.78 is 0. The van der Waals surface area contributed by atoms with Crippen molar-refractivity contribution >= 4 is 5.91 Å². The summed E-state index contributed by atoms with van der Waals surface area (Å²) in [5.74, 6) is 0.607. The number of carbonyl (C=O) groups is 1. The molecule has 3 N–H and O–H groups in total. The van der Waals surface area contributed by atoms with Crippen LogP contribution in [0.5, 0.6) is 0 Å². The van der Waals surface area contributed by atoms with E-state index in [1.165, 1.54) is 38.5 Å². The molecule has 2 aliphatic heterocycles. The molecule has 0 saturated carbocycles. The van der Waals surface area contributed by atoms with E-state index in [0.717, 1.165) is 32.0 Å². The third-order valence-electron chi connectivity index (χ3n) is 4.89. The molecule has 19 heavy (non-hydrogen) atoms. The summed E-state index contributed by atoms with van der Waals surface area (Å²) in [5, 5.41) is 3.44. The second kappa shape index (κ2) is 7.25. The maximum atomic E-state index is 11.7. The van der Waals surface area contributed by atoms with Crippen molar-refractivity contribution in [2.75, 3.05) is 19.6 Å². The van der Waals surface area contributed by atoms with Gasteiger partial charge in [-0.15, -0.1) is 0 Å². The number of hydrogen-bond acceptors (Lipinski definition) is 3. The van der Waals surface area contributed by atoms with Gasteiger partial charge in [0.05, 0.1) is 6.04 Å². The minimum atomic E-state index is -0.136. The first-order chi connectivity index (χ1) is 9.24. The summed E-state index contributed by atoms with van der Waals surface area (Å²) in [6, 6.07) is 0.514. The zero-order valence-electron chi connectivity index (χ0n) is 12.2. The van der Waals surface area contributed by atoms with Crippen molar-refractivity contribution in [2.24, 2.45) is 11.7 Å². The Morgan fingerprint density at radius 3 is 2.63 bits per heavy atom. The number of primary amides is 1. The minimum Gasteiger partial charge on any atom is -0.368 e. The summed E-state index contributed by atoms with van der Waals surface area (Å²) >= 11 is 0. The van der Waals surface area contributed by atoms with Gasteiger partial charge in [-0.05, 0) is 57.7 Å². The lowest BCUT2D eigenvalue weighted by atomic mass is 9.86. The molecule has 4 nitrogen and oxygen atoms in total. The third kappa shape index (κ3) is 3.69. The Bertz CT molecular complexity index is 289. The van der Waals surface area contributed by atoms with Crippen molar-refractivity contribution in [3.63, 3.8) is 0 Å². The van der Waals surface area contributed by atoms with Gasteiger partial charge in [-0.1, -0.05) is 19.8 Å². The zero-order valence-corrected chi connectivity index (χ0v) is 12.2. The van der Waals surface area contributed by atoms with Gasteiger partial charge in [0, 0.05) is 6.04 Å². The van der Waals surface area contributed by atoms with Gasteiger partial charge in [0.15, 0.2) is 0 Å². The quantitative estimate of drug-likeness (QED) is 0.811. The number of nitrogens with zero attached hydrogens (tertiary/aromatic N) is 1. The van der Waals surface area contributed by atoms with E-state index in [4.69, 9.17) is 5.73 Å². The Balaban J connectivity index is 2.11. The van der Waals surface area contributed by atoms with Gasteiger partial charge in [0.2, 0.25) is 5.91 Å². The van der Waals surface area contributed by atoms with Crippen molar-refractivity contribution in [1.82, 2.24) is 10.2 Å². The number of nitrogens with one attached hydrogen (secondary N) is 1. The van der Waals surface area contributed by atoms with E-state index in [1.54, 1.807) is 0 Å².